The summed E-state index contributed by atoms with van der Waals surface area (Å²) in [6, 6.07) is 0. The zero-order chi connectivity index (χ0) is 11.5. The summed E-state index contributed by atoms with van der Waals surface area (Å²) in [6.07, 6.45) is 3.65. The minimum Gasteiger partial charge on any atom is -0.364 e. The van der Waals surface area contributed by atoms with Gasteiger partial charge in [0.05, 0.1) is 4.47 Å². The van der Waals surface area contributed by atoms with Gasteiger partial charge in [0.1, 0.15) is 17.3 Å². The molecular weight excluding hydrogens is 277 g/mol. The highest BCUT2D eigenvalue weighted by Crippen LogP contribution is 2.29. The van der Waals surface area contributed by atoms with Crippen LogP contribution in [-0.2, 0) is 0 Å². The molecule has 0 aliphatic rings. The Kier molecular flexibility index (Phi) is 4.34. The Labute approximate surface area is 104 Å². The molecule has 0 aromatic carbocycles. The van der Waals surface area contributed by atoms with E-state index in [1.165, 1.54) is 6.33 Å². The van der Waals surface area contributed by atoms with Crippen molar-refractivity contribution in [3.8, 4) is 0 Å². The van der Waals surface area contributed by atoms with E-state index in [9.17, 15) is 0 Å². The molecule has 5 heteroatoms. The van der Waals surface area contributed by atoms with Gasteiger partial charge in [0.2, 0.25) is 0 Å². The van der Waals surface area contributed by atoms with E-state index in [-0.39, 0.29) is 5.54 Å². The maximum Gasteiger partial charge on any atom is 0.148 e. The lowest BCUT2D eigenvalue weighted by Crippen LogP contribution is -2.31. The van der Waals surface area contributed by atoms with Crippen molar-refractivity contribution in [2.45, 2.75) is 39.2 Å². The van der Waals surface area contributed by atoms with E-state index in [0.29, 0.717) is 5.15 Å². The van der Waals surface area contributed by atoms with E-state index in [4.69, 9.17) is 11.6 Å². The Morgan fingerprint density at radius 2 is 2.13 bits per heavy atom. The summed E-state index contributed by atoms with van der Waals surface area (Å²) in [4.78, 5) is 8.04. The largest absolute Gasteiger partial charge is 0.364 e. The van der Waals surface area contributed by atoms with Crippen molar-refractivity contribution in [1.29, 1.82) is 0 Å². The topological polar surface area (TPSA) is 37.8 Å². The van der Waals surface area contributed by atoms with Crippen LogP contribution in [0, 0.1) is 0 Å². The summed E-state index contributed by atoms with van der Waals surface area (Å²) in [5, 5.41) is 3.78. The first-order valence-corrected chi connectivity index (χ1v) is 6.07. The molecule has 1 rings (SSSR count). The summed E-state index contributed by atoms with van der Waals surface area (Å²) >= 11 is 9.25. The third-order valence-corrected chi connectivity index (χ3v) is 3.34. The third-order valence-electron chi connectivity index (χ3n) is 2.08. The zero-order valence-corrected chi connectivity index (χ0v) is 11.5. The summed E-state index contributed by atoms with van der Waals surface area (Å²) in [5.74, 6) is 0.744. The SMILES string of the molecule is CCCC(C)(C)Nc1ncnc(Cl)c1Br. The standard InChI is InChI=1S/C10H15BrClN3/c1-4-5-10(2,3)15-9-7(11)8(12)13-6-14-9/h6H,4-5H2,1-3H3,(H,13,14,15). The summed E-state index contributed by atoms with van der Waals surface area (Å²) in [6.45, 7) is 6.43. The van der Waals surface area contributed by atoms with Crippen LogP contribution in [0.25, 0.3) is 0 Å². The Morgan fingerprint density at radius 1 is 1.47 bits per heavy atom. The van der Waals surface area contributed by atoms with Gasteiger partial charge in [-0.3, -0.25) is 0 Å². The van der Waals surface area contributed by atoms with Gasteiger partial charge in [-0.05, 0) is 36.2 Å². The molecule has 1 aromatic heterocycles. The van der Waals surface area contributed by atoms with Gasteiger partial charge in [-0.2, -0.15) is 0 Å². The van der Waals surface area contributed by atoms with Crippen LogP contribution in [0.5, 0.6) is 0 Å². The first-order chi connectivity index (χ1) is 6.96. The minimum atomic E-state index is 0.00888. The van der Waals surface area contributed by atoms with Gasteiger partial charge in [0.25, 0.3) is 0 Å². The Hall–Kier alpha value is -0.350. The second-order valence-corrected chi connectivity index (χ2v) is 5.24. The quantitative estimate of drug-likeness (QED) is 0.856. The number of nitrogens with one attached hydrogen (secondary N) is 1. The van der Waals surface area contributed by atoms with E-state index in [1.54, 1.807) is 0 Å². The molecule has 1 N–H and O–H groups in total. The summed E-state index contributed by atoms with van der Waals surface area (Å²) in [7, 11) is 0. The molecule has 0 saturated carbocycles. The van der Waals surface area contributed by atoms with E-state index >= 15 is 0 Å². The van der Waals surface area contributed by atoms with E-state index < -0.39 is 0 Å². The van der Waals surface area contributed by atoms with Gasteiger partial charge in [-0.15, -0.1) is 0 Å². The molecule has 0 atom stereocenters. The highest BCUT2D eigenvalue weighted by Gasteiger charge is 2.18. The van der Waals surface area contributed by atoms with Crippen LogP contribution in [0.15, 0.2) is 10.8 Å². The average Bonchev–Trinajstić information content (AvgIpc) is 2.12. The number of hydrogen-bond acceptors (Lipinski definition) is 3. The van der Waals surface area contributed by atoms with Crippen LogP contribution >= 0.6 is 27.5 Å². The van der Waals surface area contributed by atoms with Crippen LogP contribution in [0.2, 0.25) is 5.15 Å². The monoisotopic (exact) mass is 291 g/mol. The summed E-state index contributed by atoms with van der Waals surface area (Å²) < 4.78 is 0.718. The van der Waals surface area contributed by atoms with Gasteiger partial charge in [-0.1, -0.05) is 24.9 Å². The normalized spacial score (nSPS) is 11.5. The molecule has 0 spiro atoms. The van der Waals surface area contributed by atoms with Gasteiger partial charge < -0.3 is 5.32 Å². The van der Waals surface area contributed by atoms with E-state index in [1.807, 2.05) is 0 Å². The molecule has 1 heterocycles. The number of nitrogens with zero attached hydrogens (tertiary/aromatic N) is 2. The Morgan fingerprint density at radius 3 is 2.73 bits per heavy atom. The highest BCUT2D eigenvalue weighted by atomic mass is 79.9. The molecule has 3 nitrogen and oxygen atoms in total. The lowest BCUT2D eigenvalue weighted by atomic mass is 9.99. The first kappa shape index (κ1) is 12.7. The predicted octanol–water partition coefficient (Wildman–Crippen LogP) is 3.88. The molecule has 0 saturated heterocycles. The number of anilines is 1. The van der Waals surface area contributed by atoms with Crippen LogP contribution in [-0.4, -0.2) is 15.5 Å². The fourth-order valence-corrected chi connectivity index (χ4v) is 1.88. The number of rotatable bonds is 4. The second-order valence-electron chi connectivity index (χ2n) is 4.09. The van der Waals surface area contributed by atoms with Crippen LogP contribution in [0.1, 0.15) is 33.6 Å². The van der Waals surface area contributed by atoms with Crippen LogP contribution in [0.4, 0.5) is 5.82 Å². The molecular formula is C10H15BrClN3. The minimum absolute atomic E-state index is 0.00888. The lowest BCUT2D eigenvalue weighted by molar-refractivity contribution is 0.508. The molecule has 84 valence electrons. The highest BCUT2D eigenvalue weighted by molar-refractivity contribution is 9.10. The molecule has 0 bridgehead atoms. The van der Waals surface area contributed by atoms with Crippen molar-refractivity contribution in [2.75, 3.05) is 5.32 Å². The molecule has 0 amide bonds. The predicted molar refractivity (Wildman–Crippen MR) is 67.4 cm³/mol. The molecule has 0 aliphatic carbocycles. The number of hydrogen-bond donors (Lipinski definition) is 1. The molecule has 15 heavy (non-hydrogen) atoms. The third kappa shape index (κ3) is 3.61. The maximum absolute atomic E-state index is 5.88. The van der Waals surface area contributed by atoms with Gasteiger partial charge in [0, 0.05) is 5.54 Å². The average molecular weight is 293 g/mol. The van der Waals surface area contributed by atoms with Crippen LogP contribution < -0.4 is 5.32 Å². The fraction of sp³-hybridized carbons (Fsp3) is 0.600. The van der Waals surface area contributed by atoms with Crippen LogP contribution in [0.3, 0.4) is 0 Å². The number of halogens is 2. The molecule has 0 radical (unpaired) electrons. The van der Waals surface area contributed by atoms with E-state index in [0.717, 1.165) is 23.1 Å². The maximum atomic E-state index is 5.88. The van der Waals surface area contributed by atoms with Crippen molar-refractivity contribution in [2.24, 2.45) is 0 Å². The molecule has 1 aromatic rings. The van der Waals surface area contributed by atoms with Crippen molar-refractivity contribution in [3.63, 3.8) is 0 Å². The number of aromatic nitrogens is 2. The Bertz CT molecular complexity index is 341. The fourth-order valence-electron chi connectivity index (χ4n) is 1.44. The van der Waals surface area contributed by atoms with E-state index in [2.05, 4.69) is 52.0 Å². The van der Waals surface area contributed by atoms with Gasteiger partial charge in [-0.25, -0.2) is 9.97 Å². The van der Waals surface area contributed by atoms with Crippen molar-refractivity contribution in [1.82, 2.24) is 9.97 Å². The van der Waals surface area contributed by atoms with Gasteiger partial charge in [0.15, 0.2) is 0 Å². The first-order valence-electron chi connectivity index (χ1n) is 4.90. The zero-order valence-electron chi connectivity index (χ0n) is 9.14. The Balaban J connectivity index is 2.85. The lowest BCUT2D eigenvalue weighted by Gasteiger charge is -2.26. The summed E-state index contributed by atoms with van der Waals surface area (Å²) in [5.41, 5.74) is 0.00888. The molecule has 0 aliphatic heterocycles. The van der Waals surface area contributed by atoms with Crippen molar-refractivity contribution < 1.29 is 0 Å². The molecule has 0 unspecified atom stereocenters. The van der Waals surface area contributed by atoms with Crippen molar-refractivity contribution >= 4 is 33.3 Å². The molecule has 0 fully saturated rings. The second kappa shape index (κ2) is 5.12. The van der Waals surface area contributed by atoms with Crippen molar-refractivity contribution in [3.05, 3.63) is 16.0 Å². The van der Waals surface area contributed by atoms with Gasteiger partial charge >= 0.3 is 0 Å². The smallest absolute Gasteiger partial charge is 0.148 e.